The van der Waals surface area contributed by atoms with Crippen LogP contribution in [0.1, 0.15) is 59.7 Å². The van der Waals surface area contributed by atoms with E-state index in [0.717, 1.165) is 37.0 Å². The number of carbonyl (C=O) groups is 2. The molecule has 1 saturated carbocycles. The maximum absolute atomic E-state index is 13.9. The number of anilines is 1. The van der Waals surface area contributed by atoms with Crippen molar-refractivity contribution in [3.8, 4) is 0 Å². The second kappa shape index (κ2) is 10.3. The quantitative estimate of drug-likeness (QED) is 0.511. The molecule has 1 amide bonds. The Bertz CT molecular complexity index is 1350. The molecule has 2 aromatic carbocycles. The average molecular weight is 576 g/mol. The van der Waals surface area contributed by atoms with Crippen LogP contribution in [0.5, 0.6) is 0 Å². The zero-order valence-electron chi connectivity index (χ0n) is 22.8. The highest BCUT2D eigenvalue weighted by Gasteiger charge is 2.56. The van der Waals surface area contributed by atoms with Gasteiger partial charge in [-0.2, -0.15) is 13.2 Å². The molecule has 2 saturated heterocycles. The number of aromatic carboxylic acids is 1. The number of ether oxygens (including phenoxy) is 1. The van der Waals surface area contributed by atoms with E-state index in [9.17, 15) is 32.3 Å². The summed E-state index contributed by atoms with van der Waals surface area (Å²) in [7, 11) is 0. The van der Waals surface area contributed by atoms with Crippen molar-refractivity contribution in [2.45, 2.75) is 69.6 Å². The van der Waals surface area contributed by atoms with E-state index in [0.29, 0.717) is 50.5 Å². The number of nitrogens with zero attached hydrogens (tertiary/aromatic N) is 3. The van der Waals surface area contributed by atoms with Crippen molar-refractivity contribution in [3.05, 3.63) is 64.5 Å². The number of halogens is 4. The van der Waals surface area contributed by atoms with Crippen molar-refractivity contribution in [2.75, 3.05) is 31.1 Å². The first-order chi connectivity index (χ1) is 19.5. The Morgan fingerprint density at radius 1 is 1.02 bits per heavy atom. The Hall–Kier alpha value is -3.18. The van der Waals surface area contributed by atoms with Crippen LogP contribution < -0.4 is 4.90 Å². The van der Waals surface area contributed by atoms with E-state index < -0.39 is 29.1 Å². The molecule has 0 bridgehead atoms. The maximum Gasteiger partial charge on any atom is 0.416 e. The Morgan fingerprint density at radius 2 is 1.78 bits per heavy atom. The number of hydrogen-bond donors (Lipinski definition) is 1. The molecule has 1 aliphatic carbocycles. The van der Waals surface area contributed by atoms with Gasteiger partial charge in [0, 0.05) is 50.5 Å². The lowest BCUT2D eigenvalue weighted by Crippen LogP contribution is -2.60. The monoisotopic (exact) mass is 575 g/mol. The number of fused-ring (bicyclic) bond motifs is 1. The van der Waals surface area contributed by atoms with Crippen LogP contribution in [0.15, 0.2) is 36.4 Å². The van der Waals surface area contributed by atoms with Crippen LogP contribution >= 0.6 is 0 Å². The summed E-state index contributed by atoms with van der Waals surface area (Å²) in [5, 5.41) is 9.30. The molecule has 3 heterocycles. The molecule has 3 fully saturated rings. The molecule has 220 valence electrons. The first kappa shape index (κ1) is 28.0. The summed E-state index contributed by atoms with van der Waals surface area (Å²) in [6.07, 6.45) is -1.28. The molecule has 11 heteroatoms. The SMILES string of the molecule is C[C@H]1CN([C@@H]2CC[C@@](C(=O)N3Cc4ccc(C(F)(F)F)cc4C3)(C3CC3)OC2)CCN1c1ccc(F)c(C(=O)O)c1. The van der Waals surface area contributed by atoms with E-state index >= 15 is 0 Å². The highest BCUT2D eigenvalue weighted by atomic mass is 19.4. The van der Waals surface area contributed by atoms with Crippen molar-refractivity contribution >= 4 is 17.6 Å². The second-order valence-electron chi connectivity index (χ2n) is 11.8. The van der Waals surface area contributed by atoms with Crippen LogP contribution in [0, 0.1) is 11.7 Å². The molecular formula is C30H33F4N3O4. The van der Waals surface area contributed by atoms with Crippen LogP contribution in [-0.2, 0) is 28.8 Å². The van der Waals surface area contributed by atoms with Gasteiger partial charge < -0.3 is 19.6 Å². The summed E-state index contributed by atoms with van der Waals surface area (Å²) in [6, 6.07) is 8.05. The molecular weight excluding hydrogens is 542 g/mol. The normalized spacial score (nSPS) is 27.1. The average Bonchev–Trinajstić information content (AvgIpc) is 3.71. The lowest BCUT2D eigenvalue weighted by atomic mass is 9.85. The van der Waals surface area contributed by atoms with E-state index in [1.54, 1.807) is 11.0 Å². The van der Waals surface area contributed by atoms with Gasteiger partial charge in [0.15, 0.2) is 0 Å². The van der Waals surface area contributed by atoms with Crippen LogP contribution in [0.4, 0.5) is 23.2 Å². The fourth-order valence-electron chi connectivity index (χ4n) is 6.82. The molecule has 3 aliphatic heterocycles. The predicted molar refractivity (Wildman–Crippen MR) is 142 cm³/mol. The molecule has 0 radical (unpaired) electrons. The smallest absolute Gasteiger partial charge is 0.416 e. The highest BCUT2D eigenvalue weighted by molar-refractivity contribution is 5.89. The van der Waals surface area contributed by atoms with Crippen molar-refractivity contribution < 1.29 is 37.0 Å². The third-order valence-corrected chi connectivity index (χ3v) is 9.21. The first-order valence-corrected chi connectivity index (χ1v) is 14.1. The minimum absolute atomic E-state index is 0.0531. The number of piperazine rings is 1. The maximum atomic E-state index is 13.9. The van der Waals surface area contributed by atoms with Gasteiger partial charge in [-0.1, -0.05) is 6.07 Å². The summed E-state index contributed by atoms with van der Waals surface area (Å²) >= 11 is 0. The van der Waals surface area contributed by atoms with Crippen LogP contribution in [0.25, 0.3) is 0 Å². The Balaban J connectivity index is 1.10. The van der Waals surface area contributed by atoms with Gasteiger partial charge in [0.1, 0.15) is 11.4 Å². The zero-order chi connectivity index (χ0) is 29.1. The van der Waals surface area contributed by atoms with Crippen LogP contribution in [-0.4, -0.2) is 70.7 Å². The number of carboxylic acid groups (broad SMARTS) is 1. The van der Waals surface area contributed by atoms with Crippen molar-refractivity contribution in [2.24, 2.45) is 5.92 Å². The summed E-state index contributed by atoms with van der Waals surface area (Å²) in [6.45, 7) is 4.96. The van der Waals surface area contributed by atoms with Crippen molar-refractivity contribution in [3.63, 3.8) is 0 Å². The zero-order valence-corrected chi connectivity index (χ0v) is 22.8. The number of carboxylic acids is 1. The van der Waals surface area contributed by atoms with Crippen LogP contribution in [0.2, 0.25) is 0 Å². The van der Waals surface area contributed by atoms with Gasteiger partial charge in [0.25, 0.3) is 5.91 Å². The van der Waals surface area contributed by atoms with Gasteiger partial charge in [0.2, 0.25) is 0 Å². The van der Waals surface area contributed by atoms with Gasteiger partial charge >= 0.3 is 12.1 Å². The second-order valence-corrected chi connectivity index (χ2v) is 11.8. The van der Waals surface area contributed by atoms with Gasteiger partial charge in [-0.25, -0.2) is 9.18 Å². The molecule has 4 aliphatic rings. The predicted octanol–water partition coefficient (Wildman–Crippen LogP) is 4.92. The standard InChI is InChI=1S/C30H33F4N3O4/c1-18-14-35(10-11-37(18)23-6-7-26(31)25(13-23)27(38)39)24-8-9-29(41-17-24,21-4-5-21)28(40)36-15-19-2-3-22(30(32,33)34)12-20(19)16-36/h2-3,6-7,12-13,18,21,24H,4-5,8-11,14-17H2,1H3,(H,38,39)/t18-,24+,29-/m0/s1. The van der Waals surface area contributed by atoms with E-state index in [1.165, 1.54) is 18.2 Å². The topological polar surface area (TPSA) is 73.3 Å². The Labute approximate surface area is 235 Å². The van der Waals surface area contributed by atoms with Gasteiger partial charge in [-0.3, -0.25) is 9.69 Å². The number of amides is 1. The van der Waals surface area contributed by atoms with Gasteiger partial charge in [-0.15, -0.1) is 0 Å². The molecule has 0 spiro atoms. The molecule has 7 nitrogen and oxygen atoms in total. The van der Waals surface area contributed by atoms with E-state index in [2.05, 4.69) is 9.80 Å². The molecule has 0 unspecified atom stereocenters. The van der Waals surface area contributed by atoms with E-state index in [-0.39, 0.29) is 36.0 Å². The van der Waals surface area contributed by atoms with Gasteiger partial charge in [-0.05, 0) is 80.0 Å². The molecule has 1 N–H and O–H groups in total. The van der Waals surface area contributed by atoms with E-state index in [1.807, 2.05) is 6.92 Å². The molecule has 2 aromatic rings. The lowest BCUT2D eigenvalue weighted by molar-refractivity contribution is -0.176. The number of carbonyl (C=O) groups excluding carboxylic acids is 1. The number of benzene rings is 2. The number of rotatable bonds is 5. The van der Waals surface area contributed by atoms with Crippen LogP contribution in [0.3, 0.4) is 0 Å². The lowest BCUT2D eigenvalue weighted by Gasteiger charge is -2.48. The molecule has 0 aromatic heterocycles. The van der Waals surface area contributed by atoms with E-state index in [4.69, 9.17) is 4.74 Å². The number of alkyl halides is 3. The largest absolute Gasteiger partial charge is 0.478 e. The molecule has 41 heavy (non-hydrogen) atoms. The minimum Gasteiger partial charge on any atom is -0.478 e. The fraction of sp³-hybridized carbons (Fsp3) is 0.533. The fourth-order valence-corrected chi connectivity index (χ4v) is 6.82. The summed E-state index contributed by atoms with van der Waals surface area (Å²) < 4.78 is 60.0. The van der Waals surface area contributed by atoms with Crippen molar-refractivity contribution in [1.82, 2.24) is 9.80 Å². The summed E-state index contributed by atoms with van der Waals surface area (Å²) in [5.74, 6) is -2.05. The number of hydrogen-bond acceptors (Lipinski definition) is 5. The Kier molecular flexibility index (Phi) is 7.01. The first-order valence-electron chi connectivity index (χ1n) is 14.1. The third-order valence-electron chi connectivity index (χ3n) is 9.21. The molecule has 3 atom stereocenters. The molecule has 6 rings (SSSR count). The highest BCUT2D eigenvalue weighted by Crippen LogP contribution is 2.49. The third kappa shape index (κ3) is 5.18. The minimum atomic E-state index is -4.42. The summed E-state index contributed by atoms with van der Waals surface area (Å²) in [5.41, 5.74) is -0.0230. The van der Waals surface area contributed by atoms with Crippen molar-refractivity contribution in [1.29, 1.82) is 0 Å². The summed E-state index contributed by atoms with van der Waals surface area (Å²) in [4.78, 5) is 31.3. The Morgan fingerprint density at radius 3 is 2.41 bits per heavy atom. The van der Waals surface area contributed by atoms with Gasteiger partial charge in [0.05, 0.1) is 17.7 Å².